The molecular weight excluding hydrogens is 238 g/mol. The third kappa shape index (κ3) is 4.79. The zero-order valence-corrected chi connectivity index (χ0v) is 11.5. The van der Waals surface area contributed by atoms with E-state index in [1.54, 1.807) is 23.6 Å². The third-order valence-electron chi connectivity index (χ3n) is 2.26. The monoisotopic (exact) mass is 257 g/mol. The van der Waals surface area contributed by atoms with Crippen LogP contribution in [0.1, 0.15) is 12.6 Å². The number of hydrogen-bond acceptors (Lipinski definition) is 4. The fourth-order valence-corrected chi connectivity index (χ4v) is 2.14. The minimum absolute atomic E-state index is 0.0127. The summed E-state index contributed by atoms with van der Waals surface area (Å²) in [6.07, 6.45) is 0.173. The first-order valence-electron chi connectivity index (χ1n) is 5.44. The van der Waals surface area contributed by atoms with Crippen molar-refractivity contribution in [2.45, 2.75) is 20.0 Å². The average molecular weight is 257 g/mol. The third-order valence-corrected chi connectivity index (χ3v) is 3.43. The summed E-state index contributed by atoms with van der Waals surface area (Å²) in [5, 5.41) is 6.98. The van der Waals surface area contributed by atoms with Gasteiger partial charge in [-0.2, -0.15) is 5.10 Å². The SMILES string of the molecule is CO[C@@H](C)CSCC(=O)Nc1cc(C)nn1C. The molecule has 0 bridgehead atoms. The highest BCUT2D eigenvalue weighted by molar-refractivity contribution is 8.00. The molecule has 0 unspecified atom stereocenters. The Morgan fingerprint density at radius 3 is 2.94 bits per heavy atom. The first-order valence-corrected chi connectivity index (χ1v) is 6.59. The minimum atomic E-state index is -0.0127. The molecule has 0 saturated carbocycles. The molecule has 0 aliphatic carbocycles. The number of rotatable bonds is 6. The van der Waals surface area contributed by atoms with E-state index in [1.807, 2.05) is 27.0 Å². The van der Waals surface area contributed by atoms with Gasteiger partial charge in [-0.15, -0.1) is 11.8 Å². The Labute approximate surface area is 106 Å². The van der Waals surface area contributed by atoms with Crippen LogP contribution < -0.4 is 5.32 Å². The fraction of sp³-hybridized carbons (Fsp3) is 0.636. The predicted molar refractivity (Wildman–Crippen MR) is 70.4 cm³/mol. The Morgan fingerprint density at radius 1 is 1.71 bits per heavy atom. The second-order valence-electron chi connectivity index (χ2n) is 3.90. The van der Waals surface area contributed by atoms with E-state index < -0.39 is 0 Å². The molecule has 0 aromatic carbocycles. The molecule has 6 heteroatoms. The van der Waals surface area contributed by atoms with Crippen LogP contribution in [0.25, 0.3) is 0 Å². The van der Waals surface area contributed by atoms with Gasteiger partial charge in [0.05, 0.1) is 17.6 Å². The number of amides is 1. The maximum absolute atomic E-state index is 11.6. The van der Waals surface area contributed by atoms with E-state index in [0.717, 1.165) is 17.3 Å². The maximum atomic E-state index is 11.6. The molecule has 1 aromatic rings. The van der Waals surface area contributed by atoms with Crippen LogP contribution in [0.4, 0.5) is 5.82 Å². The lowest BCUT2D eigenvalue weighted by Gasteiger charge is -2.08. The van der Waals surface area contributed by atoms with Crippen LogP contribution in [0.2, 0.25) is 0 Å². The number of ether oxygens (including phenoxy) is 1. The molecule has 0 aliphatic rings. The zero-order chi connectivity index (χ0) is 12.8. The number of nitrogens with zero attached hydrogens (tertiary/aromatic N) is 2. The lowest BCUT2D eigenvalue weighted by atomic mass is 10.4. The molecule has 0 fully saturated rings. The highest BCUT2D eigenvalue weighted by atomic mass is 32.2. The van der Waals surface area contributed by atoms with E-state index in [9.17, 15) is 4.79 Å². The van der Waals surface area contributed by atoms with Crippen molar-refractivity contribution in [1.29, 1.82) is 0 Å². The molecule has 1 N–H and O–H groups in total. The number of nitrogens with one attached hydrogen (secondary N) is 1. The van der Waals surface area contributed by atoms with Gasteiger partial charge in [-0.25, -0.2) is 0 Å². The van der Waals surface area contributed by atoms with Crippen molar-refractivity contribution >= 4 is 23.5 Å². The van der Waals surface area contributed by atoms with Crippen molar-refractivity contribution in [3.63, 3.8) is 0 Å². The van der Waals surface area contributed by atoms with Crippen LogP contribution >= 0.6 is 11.8 Å². The second kappa shape index (κ2) is 6.66. The van der Waals surface area contributed by atoms with Gasteiger partial charge in [0.15, 0.2) is 0 Å². The van der Waals surface area contributed by atoms with E-state index in [-0.39, 0.29) is 12.0 Å². The van der Waals surface area contributed by atoms with Gasteiger partial charge in [0.25, 0.3) is 0 Å². The topological polar surface area (TPSA) is 56.1 Å². The maximum Gasteiger partial charge on any atom is 0.235 e. The molecule has 0 saturated heterocycles. The van der Waals surface area contributed by atoms with Gasteiger partial charge in [0, 0.05) is 26.0 Å². The van der Waals surface area contributed by atoms with Gasteiger partial charge in [0.1, 0.15) is 5.82 Å². The van der Waals surface area contributed by atoms with Crippen molar-refractivity contribution in [3.8, 4) is 0 Å². The molecule has 1 atom stereocenters. The summed E-state index contributed by atoms with van der Waals surface area (Å²) >= 11 is 1.56. The highest BCUT2D eigenvalue weighted by Gasteiger charge is 2.08. The minimum Gasteiger partial charge on any atom is -0.381 e. The van der Waals surface area contributed by atoms with Crippen LogP contribution in [0, 0.1) is 6.92 Å². The van der Waals surface area contributed by atoms with Gasteiger partial charge in [-0.1, -0.05) is 0 Å². The average Bonchev–Trinajstić information content (AvgIpc) is 2.57. The van der Waals surface area contributed by atoms with Gasteiger partial charge in [-0.05, 0) is 13.8 Å². The fourth-order valence-electron chi connectivity index (χ4n) is 1.29. The summed E-state index contributed by atoms with van der Waals surface area (Å²) in [4.78, 5) is 11.6. The summed E-state index contributed by atoms with van der Waals surface area (Å²) in [7, 11) is 3.48. The molecule has 0 spiro atoms. The summed E-state index contributed by atoms with van der Waals surface area (Å²) in [6, 6.07) is 1.85. The first-order chi connectivity index (χ1) is 8.02. The van der Waals surface area contributed by atoms with Crippen LogP contribution in [0.3, 0.4) is 0 Å². The number of aromatic nitrogens is 2. The lowest BCUT2D eigenvalue weighted by Crippen LogP contribution is -2.18. The Balaban J connectivity index is 2.32. The van der Waals surface area contributed by atoms with Gasteiger partial charge < -0.3 is 10.1 Å². The molecule has 96 valence electrons. The van der Waals surface area contributed by atoms with Crippen molar-refractivity contribution in [3.05, 3.63) is 11.8 Å². The van der Waals surface area contributed by atoms with Crippen LogP contribution in [-0.4, -0.2) is 40.4 Å². The van der Waals surface area contributed by atoms with E-state index in [1.165, 1.54) is 0 Å². The van der Waals surface area contributed by atoms with Crippen molar-refractivity contribution in [2.75, 3.05) is 23.9 Å². The van der Waals surface area contributed by atoms with Gasteiger partial charge in [0.2, 0.25) is 5.91 Å². The molecule has 1 rings (SSSR count). The smallest absolute Gasteiger partial charge is 0.235 e. The molecular formula is C11H19N3O2S. The first kappa shape index (κ1) is 14.1. The molecule has 5 nitrogen and oxygen atoms in total. The molecule has 1 amide bonds. The Hall–Kier alpha value is -1.01. The predicted octanol–water partition coefficient (Wildman–Crippen LogP) is 1.44. The summed E-state index contributed by atoms with van der Waals surface area (Å²) in [6.45, 7) is 3.88. The quantitative estimate of drug-likeness (QED) is 0.837. The number of methoxy groups -OCH3 is 1. The number of thioether (sulfide) groups is 1. The number of carbonyl (C=O) groups excluding carboxylic acids is 1. The van der Waals surface area contributed by atoms with E-state index in [4.69, 9.17) is 4.74 Å². The van der Waals surface area contributed by atoms with Gasteiger partial charge >= 0.3 is 0 Å². The lowest BCUT2D eigenvalue weighted by molar-refractivity contribution is -0.113. The number of carbonyl (C=O) groups is 1. The number of aryl methyl sites for hydroxylation is 2. The second-order valence-corrected chi connectivity index (χ2v) is 4.93. The van der Waals surface area contributed by atoms with Gasteiger partial charge in [-0.3, -0.25) is 9.48 Å². The summed E-state index contributed by atoms with van der Waals surface area (Å²) in [5.74, 6) is 1.96. The normalized spacial score (nSPS) is 12.5. The van der Waals surface area contributed by atoms with Crippen LogP contribution in [-0.2, 0) is 16.6 Å². The van der Waals surface area contributed by atoms with Crippen molar-refractivity contribution in [2.24, 2.45) is 7.05 Å². The number of anilines is 1. The Bertz CT molecular complexity index is 379. The summed E-state index contributed by atoms with van der Waals surface area (Å²) < 4.78 is 6.77. The standard InChI is InChI=1S/C11H19N3O2S/c1-8-5-10(14(3)13-8)12-11(15)7-17-6-9(2)16-4/h5,9H,6-7H2,1-4H3,(H,12,15)/t9-/m0/s1. The summed E-state index contributed by atoms with van der Waals surface area (Å²) in [5.41, 5.74) is 0.892. The molecule has 1 heterocycles. The Kier molecular flexibility index (Phi) is 5.50. The van der Waals surface area contributed by atoms with Crippen molar-refractivity contribution in [1.82, 2.24) is 9.78 Å². The highest BCUT2D eigenvalue weighted by Crippen LogP contribution is 2.10. The molecule has 0 radical (unpaired) electrons. The Morgan fingerprint density at radius 2 is 2.41 bits per heavy atom. The molecule has 1 aromatic heterocycles. The van der Waals surface area contributed by atoms with Crippen LogP contribution in [0.5, 0.6) is 0 Å². The zero-order valence-electron chi connectivity index (χ0n) is 10.7. The van der Waals surface area contributed by atoms with E-state index >= 15 is 0 Å². The molecule has 0 aliphatic heterocycles. The van der Waals surface area contributed by atoms with E-state index in [2.05, 4.69) is 10.4 Å². The molecule has 17 heavy (non-hydrogen) atoms. The van der Waals surface area contributed by atoms with Crippen LogP contribution in [0.15, 0.2) is 6.07 Å². The van der Waals surface area contributed by atoms with E-state index in [0.29, 0.717) is 5.75 Å². The largest absolute Gasteiger partial charge is 0.381 e. The number of hydrogen-bond donors (Lipinski definition) is 1. The van der Waals surface area contributed by atoms with Crippen molar-refractivity contribution < 1.29 is 9.53 Å².